The van der Waals surface area contributed by atoms with Crippen LogP contribution < -0.4 is 0 Å². The summed E-state index contributed by atoms with van der Waals surface area (Å²) in [5.74, 6) is 0.422. The molecule has 0 aliphatic heterocycles. The van der Waals surface area contributed by atoms with E-state index in [1.54, 1.807) is 0 Å². The Labute approximate surface area is 338 Å². The summed E-state index contributed by atoms with van der Waals surface area (Å²) in [6.45, 7) is 0. The van der Waals surface area contributed by atoms with E-state index in [0.29, 0.717) is 0 Å². The molecule has 0 unspecified atom stereocenters. The van der Waals surface area contributed by atoms with E-state index in [2.05, 4.69) is 168 Å². The number of benzene rings is 8. The first-order chi connectivity index (χ1) is 29.3. The molecule has 3 nitrogen and oxygen atoms in total. The Kier molecular flexibility index (Phi) is 5.06. The molecule has 0 spiro atoms. The van der Waals surface area contributed by atoms with Crippen molar-refractivity contribution >= 4 is 70.4 Å². The largest absolute Gasteiger partial charge is 0.305 e. The van der Waals surface area contributed by atoms with Crippen molar-refractivity contribution in [1.82, 2.24) is 14.4 Å². The van der Waals surface area contributed by atoms with E-state index in [-0.39, 0.29) is 23.7 Å². The van der Waals surface area contributed by atoms with Gasteiger partial charge in [-0.3, -0.25) is 9.97 Å². The fraction of sp³-hybridized carbons (Fsp3) is 0.0714. The molecule has 0 fully saturated rings. The van der Waals surface area contributed by atoms with Crippen LogP contribution in [0.25, 0.3) is 70.4 Å². The Morgan fingerprint density at radius 3 is 1.36 bits per heavy atom. The normalized spacial score (nSPS) is 19.2. The first kappa shape index (κ1) is 29.8. The standard InChI is InChI=1S/C56H31N3/c1-2-12-29-28(11-1)21-22-31-30(29)23-24-40-41(31)25-42-49-43(26-57-54-47-36-17-7-3-13-32(36)45(52(49)54)33-14-4-8-18-37(33)47)59-44-27-58-55-48-38-19-9-5-15-34(38)46(35-16-6-10-20-39(35)48)53(55)51(44)50(40)56(42)59/h1-27,45-48H. The zero-order valence-corrected chi connectivity index (χ0v) is 31.7. The second kappa shape index (κ2) is 10.0. The van der Waals surface area contributed by atoms with Crippen molar-refractivity contribution in [2.45, 2.75) is 23.7 Å². The van der Waals surface area contributed by atoms with Gasteiger partial charge >= 0.3 is 0 Å². The fourth-order valence-electron chi connectivity index (χ4n) is 13.0. The number of aromatic nitrogens is 3. The van der Waals surface area contributed by atoms with Gasteiger partial charge in [0.05, 0.1) is 52.2 Å². The average Bonchev–Trinajstić information content (AvgIpc) is 3.83. The summed E-state index contributed by atoms with van der Waals surface area (Å²) in [5, 5.41) is 13.1. The van der Waals surface area contributed by atoms with Gasteiger partial charge in [-0.2, -0.15) is 0 Å². The van der Waals surface area contributed by atoms with Crippen LogP contribution in [-0.2, 0) is 0 Å². The molecule has 12 aromatic rings. The summed E-state index contributed by atoms with van der Waals surface area (Å²) in [6.07, 6.45) is 4.40. The Hall–Kier alpha value is -7.36. The molecular formula is C56H31N3. The summed E-state index contributed by atoms with van der Waals surface area (Å²) in [7, 11) is 0. The van der Waals surface area contributed by atoms with Gasteiger partial charge in [0, 0.05) is 33.4 Å². The van der Waals surface area contributed by atoms with Gasteiger partial charge in [0.15, 0.2) is 0 Å². The maximum absolute atomic E-state index is 5.54. The van der Waals surface area contributed by atoms with Crippen LogP contribution in [0.4, 0.5) is 0 Å². The minimum absolute atomic E-state index is 0.102. The maximum atomic E-state index is 5.54. The van der Waals surface area contributed by atoms with Crippen LogP contribution in [0.5, 0.6) is 0 Å². The van der Waals surface area contributed by atoms with Crippen molar-refractivity contribution in [1.29, 1.82) is 0 Å². The van der Waals surface area contributed by atoms with Gasteiger partial charge < -0.3 is 4.40 Å². The summed E-state index contributed by atoms with van der Waals surface area (Å²) in [4.78, 5) is 11.1. The van der Waals surface area contributed by atoms with E-state index < -0.39 is 0 Å². The first-order valence-corrected chi connectivity index (χ1v) is 21.0. The van der Waals surface area contributed by atoms with E-state index in [0.717, 1.165) is 0 Å². The lowest BCUT2D eigenvalue weighted by Crippen LogP contribution is -2.28. The second-order valence-corrected chi connectivity index (χ2v) is 17.4. The van der Waals surface area contributed by atoms with Gasteiger partial charge in [-0.05, 0) is 94.0 Å². The third-order valence-electron chi connectivity index (χ3n) is 15.1. The smallest absolute Gasteiger partial charge is 0.0729 e. The molecule has 4 bridgehead atoms. The van der Waals surface area contributed by atoms with Gasteiger partial charge in [0.1, 0.15) is 0 Å². The zero-order chi connectivity index (χ0) is 37.8. The van der Waals surface area contributed by atoms with Crippen molar-refractivity contribution in [3.8, 4) is 0 Å². The SMILES string of the molecule is c1ccc2c(c1)C1c3ccccc3C2c2c1ncc1c2c2cc3c4ccc5ccccc5c4ccc3c3c4c5c(ncc4n1c23)C1c2ccccc2C5c2ccccc21. The predicted octanol–water partition coefficient (Wildman–Crippen LogP) is 13.1. The predicted molar refractivity (Wildman–Crippen MR) is 239 cm³/mol. The molecule has 6 aliphatic carbocycles. The Bertz CT molecular complexity index is 3850. The highest BCUT2D eigenvalue weighted by Crippen LogP contribution is 2.61. The highest BCUT2D eigenvalue weighted by Gasteiger charge is 2.46. The van der Waals surface area contributed by atoms with Crippen molar-refractivity contribution < 1.29 is 0 Å². The topological polar surface area (TPSA) is 30.2 Å². The summed E-state index contributed by atoms with van der Waals surface area (Å²) >= 11 is 0. The van der Waals surface area contributed by atoms with Crippen LogP contribution in [0.3, 0.4) is 0 Å². The molecule has 59 heavy (non-hydrogen) atoms. The molecule has 0 saturated heterocycles. The van der Waals surface area contributed by atoms with Gasteiger partial charge in [-0.25, -0.2) is 0 Å². The molecule has 0 atom stereocenters. The maximum Gasteiger partial charge on any atom is 0.0729 e. The molecule has 3 heteroatoms. The molecule has 0 radical (unpaired) electrons. The number of hydrogen-bond acceptors (Lipinski definition) is 2. The first-order valence-electron chi connectivity index (χ1n) is 21.0. The molecule has 4 heterocycles. The van der Waals surface area contributed by atoms with Crippen LogP contribution in [0.1, 0.15) is 90.7 Å². The van der Waals surface area contributed by atoms with Gasteiger partial charge in [-0.15, -0.1) is 0 Å². The lowest BCUT2D eigenvalue weighted by atomic mass is 9.62. The molecule has 0 N–H and O–H groups in total. The number of nitrogens with zero attached hydrogens (tertiary/aromatic N) is 3. The van der Waals surface area contributed by atoms with Crippen LogP contribution in [0.15, 0.2) is 164 Å². The van der Waals surface area contributed by atoms with E-state index in [9.17, 15) is 0 Å². The summed E-state index contributed by atoms with van der Waals surface area (Å²) in [5.41, 5.74) is 20.1. The Morgan fingerprint density at radius 1 is 0.339 bits per heavy atom. The zero-order valence-electron chi connectivity index (χ0n) is 31.7. The summed E-state index contributed by atoms with van der Waals surface area (Å²) < 4.78 is 2.56. The Morgan fingerprint density at radius 2 is 0.780 bits per heavy atom. The molecule has 270 valence electrons. The van der Waals surface area contributed by atoms with Crippen LogP contribution in [0, 0.1) is 0 Å². The molecule has 4 aromatic heterocycles. The molecule has 18 rings (SSSR count). The van der Waals surface area contributed by atoms with Crippen molar-refractivity contribution in [3.63, 3.8) is 0 Å². The second-order valence-electron chi connectivity index (χ2n) is 17.4. The minimum atomic E-state index is 0.102. The third kappa shape index (κ3) is 3.26. The number of hydrogen-bond donors (Lipinski definition) is 0. The monoisotopic (exact) mass is 745 g/mol. The van der Waals surface area contributed by atoms with E-state index in [1.807, 2.05) is 0 Å². The van der Waals surface area contributed by atoms with Gasteiger partial charge in [0.25, 0.3) is 0 Å². The highest BCUT2D eigenvalue weighted by atomic mass is 14.9. The van der Waals surface area contributed by atoms with Gasteiger partial charge in [-0.1, -0.05) is 146 Å². The minimum Gasteiger partial charge on any atom is -0.305 e. The quantitative estimate of drug-likeness (QED) is 0.145. The number of pyridine rings is 2. The van der Waals surface area contributed by atoms with E-state index in [4.69, 9.17) is 9.97 Å². The lowest BCUT2D eigenvalue weighted by Gasteiger charge is -2.42. The summed E-state index contributed by atoms with van der Waals surface area (Å²) in [6, 6.07) is 57.4. The van der Waals surface area contributed by atoms with Crippen molar-refractivity contribution in [2.75, 3.05) is 0 Å². The lowest BCUT2D eigenvalue weighted by molar-refractivity contribution is 0.734. The van der Waals surface area contributed by atoms with Crippen LogP contribution >= 0.6 is 0 Å². The molecule has 0 saturated carbocycles. The molecular weight excluding hydrogens is 715 g/mol. The fourth-order valence-corrected chi connectivity index (χ4v) is 13.0. The van der Waals surface area contributed by atoms with Crippen LogP contribution in [-0.4, -0.2) is 14.4 Å². The average molecular weight is 746 g/mol. The Balaban J connectivity index is 1.13. The molecule has 8 aromatic carbocycles. The molecule has 6 aliphatic rings. The van der Waals surface area contributed by atoms with Crippen molar-refractivity contribution in [2.24, 2.45) is 0 Å². The molecule has 0 amide bonds. The van der Waals surface area contributed by atoms with E-state index in [1.165, 1.54) is 137 Å². The van der Waals surface area contributed by atoms with E-state index >= 15 is 0 Å². The van der Waals surface area contributed by atoms with Gasteiger partial charge in [0.2, 0.25) is 0 Å². The number of fused-ring (bicyclic) bond motifs is 12. The van der Waals surface area contributed by atoms with Crippen LogP contribution in [0.2, 0.25) is 0 Å². The highest BCUT2D eigenvalue weighted by molar-refractivity contribution is 6.35. The number of rotatable bonds is 0. The van der Waals surface area contributed by atoms with Crippen molar-refractivity contribution in [3.05, 3.63) is 231 Å². The third-order valence-corrected chi connectivity index (χ3v) is 15.1.